The number of hydrogen-bond donors (Lipinski definition) is 1. The zero-order chi connectivity index (χ0) is 7.40. The summed E-state index contributed by atoms with van der Waals surface area (Å²) in [4.78, 5) is 8.27. The Labute approximate surface area is 83.8 Å². The van der Waals surface area contributed by atoms with Crippen molar-refractivity contribution in [1.29, 1.82) is 0 Å². The van der Waals surface area contributed by atoms with Crippen LogP contribution in [-0.2, 0) is 4.57 Å². The van der Waals surface area contributed by atoms with E-state index in [0.29, 0.717) is 0 Å². The summed E-state index contributed by atoms with van der Waals surface area (Å²) in [5.41, 5.74) is 0. The van der Waals surface area contributed by atoms with Gasteiger partial charge < -0.3 is 2.85 Å². The first-order chi connectivity index (χ1) is 4.79. The monoisotopic (exact) mass is 185 g/mol. The standard InChI is InChI=1S/C5H5NO3P.Mg.2H/c7-10(8)9-6-4-2-1-3-5-6;;;/h1-5H;;;/q+1;+2;2*-1/p+1. The quantitative estimate of drug-likeness (QED) is 0.398. The maximum atomic E-state index is 10.1. The van der Waals surface area contributed by atoms with Crippen molar-refractivity contribution < 1.29 is 21.7 Å². The van der Waals surface area contributed by atoms with Crippen molar-refractivity contribution in [3.05, 3.63) is 30.6 Å². The Hall–Kier alpha value is -0.224. The van der Waals surface area contributed by atoms with Gasteiger partial charge in [-0.05, 0) is 0 Å². The fourth-order valence-corrected chi connectivity index (χ4v) is 0.788. The predicted molar refractivity (Wildman–Crippen MR) is 41.0 cm³/mol. The van der Waals surface area contributed by atoms with Crippen LogP contribution < -0.4 is 9.35 Å². The maximum Gasteiger partial charge on any atom is 2.00 e. The van der Waals surface area contributed by atoms with E-state index in [0.717, 1.165) is 0 Å². The number of hydrogen-bond acceptors (Lipinski definition) is 2. The number of pyridine rings is 1. The average Bonchev–Trinajstić information content (AvgIpc) is 1.88. The van der Waals surface area contributed by atoms with Gasteiger partial charge in [-0.1, -0.05) is 6.07 Å². The smallest absolute Gasteiger partial charge is 1.00 e. The molecule has 0 aromatic carbocycles. The zero-order valence-corrected chi connectivity index (χ0v) is 8.06. The minimum Gasteiger partial charge on any atom is -1.00 e. The molecule has 0 aliphatic heterocycles. The van der Waals surface area contributed by atoms with Crippen molar-refractivity contribution in [2.75, 3.05) is 0 Å². The third-order valence-electron chi connectivity index (χ3n) is 0.852. The molecule has 11 heavy (non-hydrogen) atoms. The van der Waals surface area contributed by atoms with Crippen molar-refractivity contribution in [1.82, 2.24) is 0 Å². The van der Waals surface area contributed by atoms with Crippen LogP contribution in [0.25, 0.3) is 0 Å². The summed E-state index contributed by atoms with van der Waals surface area (Å²) in [5.74, 6) is 0. The van der Waals surface area contributed by atoms with Crippen molar-refractivity contribution >= 4 is 31.3 Å². The van der Waals surface area contributed by atoms with Crippen molar-refractivity contribution in [3.8, 4) is 0 Å². The Bertz CT molecular complexity index is 238. The first kappa shape index (κ1) is 10.8. The number of aromatic nitrogens is 1. The van der Waals surface area contributed by atoms with Gasteiger partial charge in [-0.2, -0.15) is 0 Å². The van der Waals surface area contributed by atoms with Gasteiger partial charge in [-0.15, -0.1) is 4.89 Å². The molecule has 1 unspecified atom stereocenters. The molecule has 1 N–H and O–H groups in total. The van der Waals surface area contributed by atoms with Crippen LogP contribution in [0.1, 0.15) is 2.85 Å². The number of nitrogens with zero attached hydrogens (tertiary/aromatic N) is 1. The van der Waals surface area contributed by atoms with Gasteiger partial charge in [0.05, 0.1) is 4.73 Å². The molecule has 0 spiro atoms. The van der Waals surface area contributed by atoms with E-state index in [1.54, 1.807) is 18.2 Å². The summed E-state index contributed by atoms with van der Waals surface area (Å²) < 4.78 is 15.6. The normalized spacial score (nSPS) is 9.73. The van der Waals surface area contributed by atoms with E-state index in [2.05, 4.69) is 4.62 Å². The molecule has 0 bridgehead atoms. The molecule has 0 amide bonds. The zero-order valence-electron chi connectivity index (χ0n) is 7.75. The van der Waals surface area contributed by atoms with Crippen molar-refractivity contribution in [2.45, 2.75) is 0 Å². The van der Waals surface area contributed by atoms with Crippen LogP contribution in [-0.4, -0.2) is 27.9 Å². The van der Waals surface area contributed by atoms with Crippen LogP contribution in [0.5, 0.6) is 0 Å². The molecule has 1 heterocycles. The summed E-state index contributed by atoms with van der Waals surface area (Å²) in [7, 11) is -2.56. The molecule has 56 valence electrons. The molecule has 1 rings (SSSR count). The van der Waals surface area contributed by atoms with Crippen LogP contribution in [0, 0.1) is 0 Å². The molecule has 6 heteroatoms. The molecule has 1 aromatic heterocycles. The minimum atomic E-state index is -2.56. The molecule has 0 fully saturated rings. The SMILES string of the molecule is O=[P+](O)O[n+]1ccccc1.[H-].[H-].[Mg+2]. The van der Waals surface area contributed by atoms with E-state index < -0.39 is 8.25 Å². The fraction of sp³-hybridized carbons (Fsp3) is 0. The average molecular weight is 185 g/mol. The van der Waals surface area contributed by atoms with Crippen molar-refractivity contribution in [3.63, 3.8) is 0 Å². The van der Waals surface area contributed by atoms with E-state index in [1.165, 1.54) is 17.1 Å². The van der Waals surface area contributed by atoms with E-state index in [-0.39, 0.29) is 25.9 Å². The summed E-state index contributed by atoms with van der Waals surface area (Å²) >= 11 is 0. The van der Waals surface area contributed by atoms with Gasteiger partial charge in [0.1, 0.15) is 0 Å². The summed E-state index contributed by atoms with van der Waals surface area (Å²) in [6.45, 7) is 0. The molecular weight excluding hydrogens is 177 g/mol. The maximum absolute atomic E-state index is 10.1. The van der Waals surface area contributed by atoms with Gasteiger partial charge in [0.15, 0.2) is 0 Å². The van der Waals surface area contributed by atoms with Gasteiger partial charge in [0.2, 0.25) is 12.4 Å². The van der Waals surface area contributed by atoms with Gasteiger partial charge in [0.25, 0.3) is 0 Å². The van der Waals surface area contributed by atoms with E-state index in [9.17, 15) is 4.57 Å². The Morgan fingerprint density at radius 2 is 1.91 bits per heavy atom. The van der Waals surface area contributed by atoms with E-state index >= 15 is 0 Å². The second kappa shape index (κ2) is 5.43. The third-order valence-corrected chi connectivity index (χ3v) is 1.18. The molecule has 0 radical (unpaired) electrons. The first-order valence-corrected chi connectivity index (χ1v) is 3.73. The molecule has 0 saturated heterocycles. The second-order valence-corrected chi connectivity index (χ2v) is 2.19. The Balaban J connectivity index is -0.000000333. The number of rotatable bonds is 2. The van der Waals surface area contributed by atoms with Crippen LogP contribution in [0.2, 0.25) is 0 Å². The Morgan fingerprint density at radius 3 is 2.36 bits per heavy atom. The van der Waals surface area contributed by atoms with Crippen LogP contribution >= 0.6 is 8.25 Å². The summed E-state index contributed by atoms with van der Waals surface area (Å²) in [6, 6.07) is 5.17. The first-order valence-electron chi connectivity index (χ1n) is 2.60. The molecule has 1 aromatic rings. The molecule has 1 atom stereocenters. The second-order valence-electron chi connectivity index (χ2n) is 1.55. The molecule has 0 aliphatic carbocycles. The van der Waals surface area contributed by atoms with E-state index in [1.807, 2.05) is 0 Å². The van der Waals surface area contributed by atoms with E-state index in [4.69, 9.17) is 4.89 Å². The third kappa shape index (κ3) is 4.26. The van der Waals surface area contributed by atoms with Crippen LogP contribution in [0.15, 0.2) is 30.6 Å². The fourth-order valence-electron chi connectivity index (χ4n) is 0.518. The van der Waals surface area contributed by atoms with Crippen LogP contribution in [0.3, 0.4) is 0 Å². The van der Waals surface area contributed by atoms with Gasteiger partial charge in [-0.25, -0.2) is 0 Å². The minimum absolute atomic E-state index is 0. The van der Waals surface area contributed by atoms with Gasteiger partial charge in [-0.3, -0.25) is 0 Å². The van der Waals surface area contributed by atoms with Crippen LogP contribution in [0.4, 0.5) is 0 Å². The van der Waals surface area contributed by atoms with Gasteiger partial charge in [0, 0.05) is 21.3 Å². The Morgan fingerprint density at radius 1 is 1.36 bits per heavy atom. The molecule has 4 nitrogen and oxygen atoms in total. The summed E-state index contributed by atoms with van der Waals surface area (Å²) in [5, 5.41) is 0. The molecular formula is C5H8MgNO3P+2. The largest absolute Gasteiger partial charge is 2.00 e. The summed E-state index contributed by atoms with van der Waals surface area (Å²) in [6.07, 6.45) is 3.06. The topological polar surface area (TPSA) is 50.4 Å². The Kier molecular flexibility index (Phi) is 5.32. The molecule has 0 aliphatic rings. The van der Waals surface area contributed by atoms with Crippen molar-refractivity contribution in [2.24, 2.45) is 0 Å². The predicted octanol–water partition coefficient (Wildman–Crippen LogP) is -0.103. The molecule has 0 saturated carbocycles. The van der Waals surface area contributed by atoms with Gasteiger partial charge >= 0.3 is 31.3 Å².